The molecule has 4 nitrogen and oxygen atoms in total. The molecule has 0 spiro atoms. The maximum Gasteiger partial charge on any atom is 0.122 e. The third-order valence-electron chi connectivity index (χ3n) is 3.18. The number of aliphatic hydroxyl groups is 2. The van der Waals surface area contributed by atoms with Gasteiger partial charge in [0, 0.05) is 18.7 Å². The van der Waals surface area contributed by atoms with Gasteiger partial charge in [-0.05, 0) is 31.9 Å². The Morgan fingerprint density at radius 1 is 1.25 bits per heavy atom. The quantitative estimate of drug-likeness (QED) is 0.678. The number of hydrogen-bond acceptors (Lipinski definition) is 4. The monoisotopic (exact) mass is 281 g/mol. The van der Waals surface area contributed by atoms with Crippen LogP contribution >= 0.6 is 0 Å². The standard InChI is InChI=1S/C16H27NO3/c1-11(2)17-13(4)15(19)10-20-16-6-5-12(3)9-14(16)7-8-18/h5-6,9,11,13,15,17-19H,7-8,10H2,1-4H3/t13?,15-/m1/s1. The summed E-state index contributed by atoms with van der Waals surface area (Å²) < 4.78 is 5.71. The lowest BCUT2D eigenvalue weighted by Gasteiger charge is -2.23. The zero-order valence-electron chi connectivity index (χ0n) is 12.9. The second-order valence-corrected chi connectivity index (χ2v) is 5.57. The first kappa shape index (κ1) is 17.0. The molecule has 1 aromatic rings. The summed E-state index contributed by atoms with van der Waals surface area (Å²) in [4.78, 5) is 0. The topological polar surface area (TPSA) is 61.7 Å². The molecule has 4 heteroatoms. The predicted octanol–water partition coefficient (Wildman–Crippen LogP) is 1.66. The van der Waals surface area contributed by atoms with E-state index in [4.69, 9.17) is 9.84 Å². The minimum Gasteiger partial charge on any atom is -0.491 e. The predicted molar refractivity (Wildman–Crippen MR) is 81.2 cm³/mol. The molecule has 1 aromatic carbocycles. The van der Waals surface area contributed by atoms with E-state index in [1.54, 1.807) is 0 Å². The van der Waals surface area contributed by atoms with Gasteiger partial charge in [-0.2, -0.15) is 0 Å². The summed E-state index contributed by atoms with van der Waals surface area (Å²) in [6.07, 6.45) is -0.00641. The van der Waals surface area contributed by atoms with Crippen LogP contribution < -0.4 is 10.1 Å². The number of hydrogen-bond donors (Lipinski definition) is 3. The Labute approximate surface area is 121 Å². The first-order valence-corrected chi connectivity index (χ1v) is 7.21. The van der Waals surface area contributed by atoms with Crippen molar-refractivity contribution in [2.75, 3.05) is 13.2 Å². The fourth-order valence-corrected chi connectivity index (χ4v) is 2.12. The number of rotatable bonds is 8. The summed E-state index contributed by atoms with van der Waals surface area (Å²) in [7, 11) is 0. The Hall–Kier alpha value is -1.10. The number of benzene rings is 1. The minimum absolute atomic E-state index is 0.0262. The van der Waals surface area contributed by atoms with E-state index in [0.29, 0.717) is 12.5 Å². The highest BCUT2D eigenvalue weighted by atomic mass is 16.5. The van der Waals surface area contributed by atoms with Gasteiger partial charge < -0.3 is 20.3 Å². The van der Waals surface area contributed by atoms with Crippen LogP contribution in [-0.2, 0) is 6.42 Å². The molecule has 0 aromatic heterocycles. The van der Waals surface area contributed by atoms with Crippen LogP contribution in [0.2, 0.25) is 0 Å². The third kappa shape index (κ3) is 5.49. The highest BCUT2D eigenvalue weighted by molar-refractivity contribution is 5.37. The number of ether oxygens (including phenoxy) is 1. The maximum absolute atomic E-state index is 10.1. The van der Waals surface area contributed by atoms with Crippen LogP contribution in [0.15, 0.2) is 18.2 Å². The first-order chi connectivity index (χ1) is 9.43. The molecule has 1 unspecified atom stereocenters. The SMILES string of the molecule is Cc1ccc(OC[C@@H](O)C(C)NC(C)C)c(CCO)c1. The molecular weight excluding hydrogens is 254 g/mol. The molecule has 0 saturated heterocycles. The Bertz CT molecular complexity index is 407. The fraction of sp³-hybridized carbons (Fsp3) is 0.625. The number of aliphatic hydroxyl groups excluding tert-OH is 2. The molecule has 0 bridgehead atoms. The van der Waals surface area contributed by atoms with Gasteiger partial charge in [-0.1, -0.05) is 31.5 Å². The Morgan fingerprint density at radius 3 is 2.55 bits per heavy atom. The Kier molecular flexibility index (Phi) is 6.99. The van der Waals surface area contributed by atoms with E-state index >= 15 is 0 Å². The van der Waals surface area contributed by atoms with Gasteiger partial charge >= 0.3 is 0 Å². The zero-order valence-corrected chi connectivity index (χ0v) is 12.9. The third-order valence-corrected chi connectivity index (χ3v) is 3.18. The fourth-order valence-electron chi connectivity index (χ4n) is 2.12. The first-order valence-electron chi connectivity index (χ1n) is 7.21. The van der Waals surface area contributed by atoms with Crippen molar-refractivity contribution in [3.8, 4) is 5.75 Å². The maximum atomic E-state index is 10.1. The van der Waals surface area contributed by atoms with E-state index < -0.39 is 6.10 Å². The molecule has 0 heterocycles. The van der Waals surface area contributed by atoms with Crippen molar-refractivity contribution in [2.45, 2.75) is 52.3 Å². The van der Waals surface area contributed by atoms with Crippen LogP contribution in [-0.4, -0.2) is 41.6 Å². The lowest BCUT2D eigenvalue weighted by molar-refractivity contribution is 0.0754. The summed E-state index contributed by atoms with van der Waals surface area (Å²) in [5, 5.41) is 22.4. The van der Waals surface area contributed by atoms with E-state index in [9.17, 15) is 5.11 Å². The normalized spacial score (nSPS) is 14.3. The van der Waals surface area contributed by atoms with Crippen molar-refractivity contribution in [1.82, 2.24) is 5.32 Å². The van der Waals surface area contributed by atoms with Crippen molar-refractivity contribution in [2.24, 2.45) is 0 Å². The van der Waals surface area contributed by atoms with Gasteiger partial charge in [0.2, 0.25) is 0 Å². The molecule has 20 heavy (non-hydrogen) atoms. The number of nitrogens with one attached hydrogen (secondary N) is 1. The van der Waals surface area contributed by atoms with Crippen LogP contribution in [0.25, 0.3) is 0 Å². The highest BCUT2D eigenvalue weighted by Gasteiger charge is 2.16. The molecule has 3 N–H and O–H groups in total. The van der Waals surface area contributed by atoms with E-state index in [0.717, 1.165) is 16.9 Å². The van der Waals surface area contributed by atoms with Gasteiger partial charge in [0.25, 0.3) is 0 Å². The summed E-state index contributed by atoms with van der Waals surface area (Å²) in [6.45, 7) is 8.37. The van der Waals surface area contributed by atoms with Crippen LogP contribution in [0.5, 0.6) is 5.75 Å². The van der Waals surface area contributed by atoms with Gasteiger partial charge in [0.05, 0.1) is 0 Å². The van der Waals surface area contributed by atoms with E-state index in [-0.39, 0.29) is 19.3 Å². The van der Waals surface area contributed by atoms with Crippen molar-refractivity contribution >= 4 is 0 Å². The lowest BCUT2D eigenvalue weighted by Crippen LogP contribution is -2.43. The molecule has 0 saturated carbocycles. The van der Waals surface area contributed by atoms with Crippen molar-refractivity contribution in [1.29, 1.82) is 0 Å². The summed E-state index contributed by atoms with van der Waals surface area (Å²) in [6, 6.07) is 6.17. The Morgan fingerprint density at radius 2 is 1.95 bits per heavy atom. The van der Waals surface area contributed by atoms with E-state index in [1.807, 2.05) is 45.9 Å². The molecule has 0 aliphatic rings. The molecular formula is C16H27NO3. The molecule has 1 rings (SSSR count). The summed E-state index contributed by atoms with van der Waals surface area (Å²) in [5.74, 6) is 0.737. The summed E-state index contributed by atoms with van der Waals surface area (Å²) >= 11 is 0. The van der Waals surface area contributed by atoms with Crippen LogP contribution in [0.4, 0.5) is 0 Å². The largest absolute Gasteiger partial charge is 0.491 e. The molecule has 0 fully saturated rings. The van der Waals surface area contributed by atoms with Gasteiger partial charge in [0.1, 0.15) is 18.5 Å². The van der Waals surface area contributed by atoms with Gasteiger partial charge in [-0.25, -0.2) is 0 Å². The van der Waals surface area contributed by atoms with Crippen LogP contribution in [0.3, 0.4) is 0 Å². The molecule has 114 valence electrons. The Balaban J connectivity index is 2.60. The van der Waals surface area contributed by atoms with E-state index in [2.05, 4.69) is 5.32 Å². The molecule has 2 atom stereocenters. The molecule has 0 aliphatic carbocycles. The second-order valence-electron chi connectivity index (χ2n) is 5.57. The van der Waals surface area contributed by atoms with Gasteiger partial charge in [-0.15, -0.1) is 0 Å². The molecule has 0 aliphatic heterocycles. The van der Waals surface area contributed by atoms with Crippen LogP contribution in [0, 0.1) is 6.92 Å². The summed E-state index contributed by atoms with van der Waals surface area (Å²) in [5.41, 5.74) is 2.11. The van der Waals surface area contributed by atoms with Crippen molar-refractivity contribution < 1.29 is 14.9 Å². The smallest absolute Gasteiger partial charge is 0.122 e. The average molecular weight is 281 g/mol. The van der Waals surface area contributed by atoms with Crippen LogP contribution in [0.1, 0.15) is 31.9 Å². The van der Waals surface area contributed by atoms with Crippen molar-refractivity contribution in [3.05, 3.63) is 29.3 Å². The minimum atomic E-state index is -0.569. The highest BCUT2D eigenvalue weighted by Crippen LogP contribution is 2.21. The van der Waals surface area contributed by atoms with Gasteiger partial charge in [-0.3, -0.25) is 0 Å². The number of aryl methyl sites for hydroxylation is 1. The lowest BCUT2D eigenvalue weighted by atomic mass is 10.1. The average Bonchev–Trinajstić information content (AvgIpc) is 2.37. The van der Waals surface area contributed by atoms with Crippen molar-refractivity contribution in [3.63, 3.8) is 0 Å². The second kappa shape index (κ2) is 8.25. The zero-order chi connectivity index (χ0) is 15.1. The van der Waals surface area contributed by atoms with E-state index in [1.165, 1.54) is 0 Å². The van der Waals surface area contributed by atoms with Gasteiger partial charge in [0.15, 0.2) is 0 Å². The molecule has 0 radical (unpaired) electrons. The molecule has 0 amide bonds.